The molecule has 1 aliphatic carbocycles. The van der Waals surface area contributed by atoms with Gasteiger partial charge in [-0.25, -0.2) is 0 Å². The molecule has 0 atom stereocenters. The Morgan fingerprint density at radius 3 is 2.27 bits per heavy atom. The van der Waals surface area contributed by atoms with Crippen molar-refractivity contribution in [2.45, 2.75) is 78.6 Å². The van der Waals surface area contributed by atoms with Crippen molar-refractivity contribution >= 4 is 5.57 Å². The molecule has 0 heterocycles. The highest BCUT2D eigenvalue weighted by atomic mass is 14.2. The lowest BCUT2D eigenvalue weighted by atomic mass is 9.79. The summed E-state index contributed by atoms with van der Waals surface area (Å²) in [6.45, 7) is 6.84. The summed E-state index contributed by atoms with van der Waals surface area (Å²) in [5.74, 6) is 1.83. The van der Waals surface area contributed by atoms with E-state index >= 15 is 0 Å². The van der Waals surface area contributed by atoms with E-state index in [-0.39, 0.29) is 0 Å². The number of benzene rings is 1. The number of hydrogen-bond acceptors (Lipinski definition) is 0. The molecule has 0 bridgehead atoms. The van der Waals surface area contributed by atoms with Gasteiger partial charge >= 0.3 is 0 Å². The van der Waals surface area contributed by atoms with Gasteiger partial charge in [-0.2, -0.15) is 0 Å². The van der Waals surface area contributed by atoms with Crippen LogP contribution in [0.2, 0.25) is 0 Å². The Bertz CT molecular complexity index is 443. The summed E-state index contributed by atoms with van der Waals surface area (Å²) >= 11 is 0. The van der Waals surface area contributed by atoms with E-state index < -0.39 is 0 Å². The van der Waals surface area contributed by atoms with Gasteiger partial charge in [-0.05, 0) is 67.6 Å². The highest BCUT2D eigenvalue weighted by molar-refractivity contribution is 5.64. The molecule has 0 N–H and O–H groups in total. The molecule has 0 unspecified atom stereocenters. The molecule has 0 heteroatoms. The lowest BCUT2D eigenvalue weighted by Gasteiger charge is -2.27. The smallest absolute Gasteiger partial charge is 0.0227 e. The lowest BCUT2D eigenvalue weighted by molar-refractivity contribution is 0.291. The highest BCUT2D eigenvalue weighted by Gasteiger charge is 2.19. The zero-order chi connectivity index (χ0) is 15.8. The van der Waals surface area contributed by atoms with Gasteiger partial charge in [0.2, 0.25) is 0 Å². The Kier molecular flexibility index (Phi) is 7.22. The van der Waals surface area contributed by atoms with Crippen molar-refractivity contribution in [1.82, 2.24) is 0 Å². The van der Waals surface area contributed by atoms with Crippen molar-refractivity contribution in [1.29, 1.82) is 0 Å². The molecule has 0 saturated heterocycles. The standard InChI is InChI=1S/C22H34/c1-4-6-8-20-9-11-21(12-10-20)17-18(3)22-15-13-19(7-5-2)14-16-22/h13-17,20-21H,4-12H2,1-3H3. The molecule has 0 aromatic heterocycles. The predicted molar refractivity (Wildman–Crippen MR) is 99.1 cm³/mol. The average Bonchev–Trinajstić information content (AvgIpc) is 2.55. The summed E-state index contributed by atoms with van der Waals surface area (Å²) in [5, 5.41) is 0. The number of aryl methyl sites for hydroxylation is 1. The van der Waals surface area contributed by atoms with Crippen molar-refractivity contribution in [2.24, 2.45) is 11.8 Å². The third-order valence-electron chi connectivity index (χ3n) is 5.29. The normalized spacial score (nSPS) is 22.8. The second-order valence-electron chi connectivity index (χ2n) is 7.22. The minimum Gasteiger partial charge on any atom is -0.0779 e. The maximum Gasteiger partial charge on any atom is -0.0227 e. The minimum atomic E-state index is 0.813. The van der Waals surface area contributed by atoms with Crippen molar-refractivity contribution < 1.29 is 0 Å². The second kappa shape index (κ2) is 9.18. The van der Waals surface area contributed by atoms with Crippen LogP contribution in [0, 0.1) is 11.8 Å². The van der Waals surface area contributed by atoms with Crippen molar-refractivity contribution in [3.05, 3.63) is 41.5 Å². The van der Waals surface area contributed by atoms with Gasteiger partial charge in [-0.1, -0.05) is 69.9 Å². The molecule has 122 valence electrons. The molecule has 2 rings (SSSR count). The van der Waals surface area contributed by atoms with Gasteiger partial charge in [-0.3, -0.25) is 0 Å². The fourth-order valence-electron chi connectivity index (χ4n) is 3.81. The summed E-state index contributed by atoms with van der Waals surface area (Å²) in [6.07, 6.45) is 14.9. The Morgan fingerprint density at radius 2 is 1.68 bits per heavy atom. The zero-order valence-corrected chi connectivity index (χ0v) is 14.9. The van der Waals surface area contributed by atoms with Crippen LogP contribution in [0.1, 0.15) is 83.3 Å². The molecular weight excluding hydrogens is 264 g/mol. The maximum absolute atomic E-state index is 2.55. The van der Waals surface area contributed by atoms with Gasteiger partial charge in [0, 0.05) is 0 Å². The first-order valence-electron chi connectivity index (χ1n) is 9.50. The molecule has 1 aromatic rings. The average molecular weight is 299 g/mol. The van der Waals surface area contributed by atoms with Crippen LogP contribution in [0.25, 0.3) is 5.57 Å². The summed E-state index contributed by atoms with van der Waals surface area (Å²) in [7, 11) is 0. The summed E-state index contributed by atoms with van der Waals surface area (Å²) in [5.41, 5.74) is 4.35. The minimum absolute atomic E-state index is 0.813. The lowest BCUT2D eigenvalue weighted by Crippen LogP contribution is -2.13. The van der Waals surface area contributed by atoms with Crippen LogP contribution in [0.15, 0.2) is 30.3 Å². The van der Waals surface area contributed by atoms with Gasteiger partial charge in [0.15, 0.2) is 0 Å². The highest BCUT2D eigenvalue weighted by Crippen LogP contribution is 2.34. The van der Waals surface area contributed by atoms with Crippen LogP contribution in [0.3, 0.4) is 0 Å². The first-order valence-corrected chi connectivity index (χ1v) is 9.50. The van der Waals surface area contributed by atoms with Crippen LogP contribution in [0.4, 0.5) is 0 Å². The quantitative estimate of drug-likeness (QED) is 0.506. The van der Waals surface area contributed by atoms with Gasteiger partial charge in [0.05, 0.1) is 0 Å². The van der Waals surface area contributed by atoms with Crippen molar-refractivity contribution in [3.63, 3.8) is 0 Å². The van der Waals surface area contributed by atoms with E-state index in [0.29, 0.717) is 0 Å². The molecule has 0 nitrogen and oxygen atoms in total. The Balaban J connectivity index is 1.87. The van der Waals surface area contributed by atoms with Gasteiger partial charge in [-0.15, -0.1) is 0 Å². The van der Waals surface area contributed by atoms with E-state index in [4.69, 9.17) is 0 Å². The van der Waals surface area contributed by atoms with Gasteiger partial charge in [0.25, 0.3) is 0 Å². The summed E-state index contributed by atoms with van der Waals surface area (Å²) in [6, 6.07) is 9.23. The molecule has 0 aliphatic heterocycles. The monoisotopic (exact) mass is 298 g/mol. The third-order valence-corrected chi connectivity index (χ3v) is 5.29. The van der Waals surface area contributed by atoms with Crippen LogP contribution in [-0.2, 0) is 6.42 Å². The van der Waals surface area contributed by atoms with Crippen LogP contribution in [0.5, 0.6) is 0 Å². The second-order valence-corrected chi connectivity index (χ2v) is 7.22. The topological polar surface area (TPSA) is 0 Å². The SMILES string of the molecule is CCCCC1CCC(C=C(C)c2ccc(CCC)cc2)CC1. The third kappa shape index (κ3) is 5.30. The van der Waals surface area contributed by atoms with E-state index in [9.17, 15) is 0 Å². The molecule has 22 heavy (non-hydrogen) atoms. The molecule has 1 aliphatic rings. The van der Waals surface area contributed by atoms with E-state index in [0.717, 1.165) is 11.8 Å². The first kappa shape index (κ1) is 17.3. The summed E-state index contributed by atoms with van der Waals surface area (Å²) in [4.78, 5) is 0. The number of hydrogen-bond donors (Lipinski definition) is 0. The molecule has 0 amide bonds. The van der Waals surface area contributed by atoms with Crippen molar-refractivity contribution in [2.75, 3.05) is 0 Å². The number of allylic oxidation sites excluding steroid dienone is 2. The molecule has 0 radical (unpaired) electrons. The van der Waals surface area contributed by atoms with E-state index in [1.807, 2.05) is 0 Å². The van der Waals surface area contributed by atoms with Crippen LogP contribution in [-0.4, -0.2) is 0 Å². The maximum atomic E-state index is 2.55. The molecule has 0 spiro atoms. The predicted octanol–water partition coefficient (Wildman–Crippen LogP) is 7.04. The van der Waals surface area contributed by atoms with E-state index in [1.165, 1.54) is 74.5 Å². The molecule has 1 aromatic carbocycles. The zero-order valence-electron chi connectivity index (χ0n) is 14.9. The van der Waals surface area contributed by atoms with Crippen LogP contribution >= 0.6 is 0 Å². The Hall–Kier alpha value is -1.04. The van der Waals surface area contributed by atoms with Gasteiger partial charge < -0.3 is 0 Å². The van der Waals surface area contributed by atoms with Gasteiger partial charge in [0.1, 0.15) is 0 Å². The number of rotatable bonds is 7. The van der Waals surface area contributed by atoms with E-state index in [1.54, 1.807) is 0 Å². The number of unbranched alkanes of at least 4 members (excludes halogenated alkanes) is 1. The fourth-order valence-corrected chi connectivity index (χ4v) is 3.81. The Morgan fingerprint density at radius 1 is 1.00 bits per heavy atom. The molecule has 1 fully saturated rings. The Labute approximate surface area is 138 Å². The van der Waals surface area contributed by atoms with Crippen LogP contribution < -0.4 is 0 Å². The molecule has 1 saturated carbocycles. The van der Waals surface area contributed by atoms with Crippen molar-refractivity contribution in [3.8, 4) is 0 Å². The largest absolute Gasteiger partial charge is 0.0779 e. The fraction of sp³-hybridized carbons (Fsp3) is 0.636. The van der Waals surface area contributed by atoms with E-state index in [2.05, 4.69) is 51.1 Å². The molecular formula is C22H34. The summed E-state index contributed by atoms with van der Waals surface area (Å²) < 4.78 is 0. The first-order chi connectivity index (χ1) is 10.7.